The first kappa shape index (κ1) is 23.0. The summed E-state index contributed by atoms with van der Waals surface area (Å²) in [5.74, 6) is 1.74. The van der Waals surface area contributed by atoms with E-state index in [1.54, 1.807) is 0 Å². The van der Waals surface area contributed by atoms with Gasteiger partial charge in [-0.3, -0.25) is 0 Å². The van der Waals surface area contributed by atoms with Gasteiger partial charge in [-0.25, -0.2) is 0 Å². The van der Waals surface area contributed by atoms with Crippen molar-refractivity contribution in [2.45, 2.75) is 13.0 Å². The number of rotatable bonds is 7. The van der Waals surface area contributed by atoms with Crippen molar-refractivity contribution in [2.75, 3.05) is 33.0 Å². The maximum absolute atomic E-state index is 8.11. The Kier molecular flexibility index (Phi) is 15.6. The molecule has 0 aliphatic carbocycles. The molecule has 2 aromatic carbocycles. The molecule has 0 radical (unpaired) electrons. The molecule has 0 amide bonds. The largest absolute Gasteiger partial charge is 0.457 e. The van der Waals surface area contributed by atoms with Crippen LogP contribution < -0.4 is 4.74 Å². The SMILES string of the molecule is CC(O)CO.OCCOCCO.c1ccc(Oc2ccccc2)cc1. The first-order chi connectivity index (χ1) is 12.1. The average molecular weight is 352 g/mol. The van der Waals surface area contributed by atoms with Gasteiger partial charge in [0.05, 0.1) is 39.1 Å². The number of aliphatic hydroxyl groups is 4. The Labute approximate surface area is 148 Å². The second kappa shape index (κ2) is 16.9. The smallest absolute Gasteiger partial charge is 0.127 e. The van der Waals surface area contributed by atoms with Crippen LogP contribution in [0.2, 0.25) is 0 Å². The summed E-state index contributed by atoms with van der Waals surface area (Å²) in [5, 5.41) is 32.2. The van der Waals surface area contributed by atoms with E-state index in [2.05, 4.69) is 4.74 Å². The van der Waals surface area contributed by atoms with Crippen LogP contribution in [0.3, 0.4) is 0 Å². The molecule has 4 N–H and O–H groups in total. The number of aliphatic hydroxyl groups excluding tert-OH is 4. The Morgan fingerprint density at radius 1 is 0.760 bits per heavy atom. The van der Waals surface area contributed by atoms with Crippen molar-refractivity contribution in [1.82, 2.24) is 0 Å². The summed E-state index contributed by atoms with van der Waals surface area (Å²) in [4.78, 5) is 0. The lowest BCUT2D eigenvalue weighted by atomic mass is 10.3. The van der Waals surface area contributed by atoms with Crippen molar-refractivity contribution in [3.63, 3.8) is 0 Å². The fraction of sp³-hybridized carbons (Fsp3) is 0.368. The average Bonchev–Trinajstić information content (AvgIpc) is 2.65. The number of para-hydroxylation sites is 2. The molecular formula is C19H28O6. The molecule has 140 valence electrons. The minimum absolute atomic E-state index is 0.0278. The second-order valence-electron chi connectivity index (χ2n) is 4.82. The zero-order chi connectivity index (χ0) is 18.8. The highest BCUT2D eigenvalue weighted by Crippen LogP contribution is 2.19. The Morgan fingerprint density at radius 3 is 1.40 bits per heavy atom. The van der Waals surface area contributed by atoms with Crippen molar-refractivity contribution in [1.29, 1.82) is 0 Å². The minimum atomic E-state index is -0.560. The van der Waals surface area contributed by atoms with E-state index in [4.69, 9.17) is 25.2 Å². The fourth-order valence-corrected chi connectivity index (χ4v) is 1.34. The van der Waals surface area contributed by atoms with Gasteiger partial charge in [0.1, 0.15) is 11.5 Å². The van der Waals surface area contributed by atoms with Gasteiger partial charge in [-0.2, -0.15) is 0 Å². The zero-order valence-electron chi connectivity index (χ0n) is 14.5. The van der Waals surface area contributed by atoms with Crippen LogP contribution in [-0.4, -0.2) is 59.6 Å². The van der Waals surface area contributed by atoms with Crippen LogP contribution in [0.25, 0.3) is 0 Å². The van der Waals surface area contributed by atoms with Crippen LogP contribution >= 0.6 is 0 Å². The molecule has 6 nitrogen and oxygen atoms in total. The minimum Gasteiger partial charge on any atom is -0.457 e. The molecule has 0 aliphatic heterocycles. The van der Waals surface area contributed by atoms with Gasteiger partial charge in [0, 0.05) is 0 Å². The molecule has 0 saturated heterocycles. The molecule has 25 heavy (non-hydrogen) atoms. The van der Waals surface area contributed by atoms with Crippen molar-refractivity contribution >= 4 is 0 Å². The third kappa shape index (κ3) is 15.3. The van der Waals surface area contributed by atoms with E-state index in [1.807, 2.05) is 60.7 Å². The summed E-state index contributed by atoms with van der Waals surface area (Å²) in [7, 11) is 0. The number of benzene rings is 2. The molecule has 0 spiro atoms. The fourth-order valence-electron chi connectivity index (χ4n) is 1.34. The standard InChI is InChI=1S/C12H10O.C4H10O3.C3H8O2/c1-3-7-11(8-4-1)13-12-9-5-2-6-10-12;5-1-3-7-4-2-6;1-3(5)2-4/h1-10H;5-6H,1-4H2;3-5H,2H2,1H3. The predicted molar refractivity (Wildman–Crippen MR) is 96.7 cm³/mol. The maximum atomic E-state index is 8.11. The van der Waals surface area contributed by atoms with Gasteiger partial charge in [-0.05, 0) is 31.2 Å². The van der Waals surface area contributed by atoms with Crippen molar-refractivity contribution < 1.29 is 29.9 Å². The number of hydrogen-bond acceptors (Lipinski definition) is 6. The highest BCUT2D eigenvalue weighted by atomic mass is 16.5. The summed E-state index contributed by atoms with van der Waals surface area (Å²) in [5.41, 5.74) is 0. The summed E-state index contributed by atoms with van der Waals surface area (Å²) >= 11 is 0. The van der Waals surface area contributed by atoms with Gasteiger partial charge in [-0.15, -0.1) is 0 Å². The van der Waals surface area contributed by atoms with Crippen LogP contribution in [-0.2, 0) is 4.74 Å². The van der Waals surface area contributed by atoms with Gasteiger partial charge in [0.2, 0.25) is 0 Å². The quantitative estimate of drug-likeness (QED) is 0.568. The third-order valence-corrected chi connectivity index (χ3v) is 2.46. The molecule has 0 aliphatic rings. The molecule has 0 aromatic heterocycles. The Hall–Kier alpha value is -1.96. The molecule has 2 rings (SSSR count). The maximum Gasteiger partial charge on any atom is 0.127 e. The van der Waals surface area contributed by atoms with Gasteiger partial charge >= 0.3 is 0 Å². The van der Waals surface area contributed by atoms with Gasteiger partial charge in [-0.1, -0.05) is 36.4 Å². The highest BCUT2D eigenvalue weighted by Gasteiger charge is 1.92. The lowest BCUT2D eigenvalue weighted by Crippen LogP contribution is -2.03. The molecule has 0 heterocycles. The number of ether oxygens (including phenoxy) is 2. The molecule has 1 atom stereocenters. The predicted octanol–water partition coefficient (Wildman–Crippen LogP) is 1.83. The van der Waals surface area contributed by atoms with Crippen molar-refractivity contribution in [2.24, 2.45) is 0 Å². The summed E-state index contributed by atoms with van der Waals surface area (Å²) in [6.45, 7) is 2.08. The summed E-state index contributed by atoms with van der Waals surface area (Å²) in [6, 6.07) is 19.5. The third-order valence-electron chi connectivity index (χ3n) is 2.46. The lowest BCUT2D eigenvalue weighted by Gasteiger charge is -2.03. The first-order valence-electron chi connectivity index (χ1n) is 8.00. The Balaban J connectivity index is 0.000000408. The van der Waals surface area contributed by atoms with E-state index in [0.29, 0.717) is 13.2 Å². The van der Waals surface area contributed by atoms with Crippen LogP contribution in [0.4, 0.5) is 0 Å². The normalized spacial score (nSPS) is 10.6. The molecular weight excluding hydrogens is 324 g/mol. The van der Waals surface area contributed by atoms with Crippen LogP contribution in [0.15, 0.2) is 60.7 Å². The van der Waals surface area contributed by atoms with Gasteiger partial charge < -0.3 is 29.9 Å². The summed E-state index contributed by atoms with van der Waals surface area (Å²) < 4.78 is 10.2. The van der Waals surface area contributed by atoms with Crippen LogP contribution in [0.1, 0.15) is 6.92 Å². The topological polar surface area (TPSA) is 99.4 Å². The van der Waals surface area contributed by atoms with Crippen molar-refractivity contribution in [3.8, 4) is 11.5 Å². The lowest BCUT2D eigenvalue weighted by molar-refractivity contribution is 0.0650. The molecule has 0 fully saturated rings. The molecule has 6 heteroatoms. The number of hydrogen-bond donors (Lipinski definition) is 4. The monoisotopic (exact) mass is 352 g/mol. The van der Waals surface area contributed by atoms with Gasteiger partial charge in [0.15, 0.2) is 0 Å². The molecule has 2 aromatic rings. The van der Waals surface area contributed by atoms with Crippen LogP contribution in [0, 0.1) is 0 Å². The molecule has 0 saturated carbocycles. The summed E-state index contributed by atoms with van der Waals surface area (Å²) in [6.07, 6.45) is -0.560. The van der Waals surface area contributed by atoms with E-state index in [9.17, 15) is 0 Å². The Morgan fingerprint density at radius 2 is 1.12 bits per heavy atom. The van der Waals surface area contributed by atoms with E-state index < -0.39 is 6.10 Å². The highest BCUT2D eigenvalue weighted by molar-refractivity contribution is 5.30. The second-order valence-corrected chi connectivity index (χ2v) is 4.82. The zero-order valence-corrected chi connectivity index (χ0v) is 14.5. The van der Waals surface area contributed by atoms with Crippen molar-refractivity contribution in [3.05, 3.63) is 60.7 Å². The van der Waals surface area contributed by atoms with E-state index in [-0.39, 0.29) is 19.8 Å². The Bertz CT molecular complexity index is 448. The first-order valence-corrected chi connectivity index (χ1v) is 8.00. The molecule has 1 unspecified atom stereocenters. The van der Waals surface area contributed by atoms with E-state index >= 15 is 0 Å². The molecule has 0 bridgehead atoms. The van der Waals surface area contributed by atoms with Crippen LogP contribution in [0.5, 0.6) is 11.5 Å². The van der Waals surface area contributed by atoms with E-state index in [1.165, 1.54) is 6.92 Å². The van der Waals surface area contributed by atoms with E-state index in [0.717, 1.165) is 11.5 Å². The van der Waals surface area contributed by atoms with Gasteiger partial charge in [0.25, 0.3) is 0 Å².